The van der Waals surface area contributed by atoms with Gasteiger partial charge in [0.1, 0.15) is 0 Å². The molecule has 0 radical (unpaired) electrons. The van der Waals surface area contributed by atoms with E-state index in [1.165, 1.54) is 19.3 Å². The van der Waals surface area contributed by atoms with Gasteiger partial charge in [-0.15, -0.1) is 0 Å². The van der Waals surface area contributed by atoms with Crippen LogP contribution in [0.5, 0.6) is 0 Å². The smallest absolute Gasteiger partial charge is 0.246 e. The van der Waals surface area contributed by atoms with Crippen LogP contribution < -0.4 is 5.43 Å². The molecule has 1 aromatic carbocycles. The quantitative estimate of drug-likeness (QED) is 0.658. The fraction of sp³-hybridized carbons (Fsp3) is 0.435. The summed E-state index contributed by atoms with van der Waals surface area (Å²) in [5.74, 6) is 2.38. The summed E-state index contributed by atoms with van der Waals surface area (Å²) in [5, 5.41) is 4.61. The summed E-state index contributed by atoms with van der Waals surface area (Å²) in [6.07, 6.45) is 10.7. The van der Waals surface area contributed by atoms with Crippen LogP contribution in [0.2, 0.25) is 0 Å². The second kappa shape index (κ2) is 6.59. The van der Waals surface area contributed by atoms with Gasteiger partial charge in [-0.1, -0.05) is 30.3 Å². The van der Waals surface area contributed by atoms with Crippen molar-refractivity contribution in [3.8, 4) is 0 Å². The normalized spacial score (nSPS) is 31.7. The molecule has 4 nitrogen and oxygen atoms in total. The van der Waals surface area contributed by atoms with Gasteiger partial charge in [-0.25, -0.2) is 5.43 Å². The number of nitrogens with one attached hydrogen (secondary N) is 1. The summed E-state index contributed by atoms with van der Waals surface area (Å²) < 4.78 is 0. The molecule has 0 unspecified atom stereocenters. The molecule has 0 spiro atoms. The zero-order chi connectivity index (χ0) is 18.3. The number of carbonyl (C=O) groups is 1. The number of hydrogen-bond acceptors (Lipinski definition) is 3. The SMILES string of the molecule is O=C(NN=C(c1ccccc1)c1ccncc1)C12CC3CC(CC(C3)C1)C2. The van der Waals surface area contributed by atoms with Gasteiger partial charge in [0, 0.05) is 23.5 Å². The van der Waals surface area contributed by atoms with Crippen LogP contribution in [0.3, 0.4) is 0 Å². The lowest BCUT2D eigenvalue weighted by Gasteiger charge is -2.55. The monoisotopic (exact) mass is 359 g/mol. The molecule has 4 aliphatic carbocycles. The fourth-order valence-electron chi connectivity index (χ4n) is 6.02. The topological polar surface area (TPSA) is 54.4 Å². The van der Waals surface area contributed by atoms with Crippen LogP contribution in [0.4, 0.5) is 0 Å². The third kappa shape index (κ3) is 3.07. The number of benzene rings is 1. The van der Waals surface area contributed by atoms with Crippen LogP contribution in [0.25, 0.3) is 0 Å². The molecule has 6 rings (SSSR count). The maximum Gasteiger partial charge on any atom is 0.246 e. The van der Waals surface area contributed by atoms with E-state index < -0.39 is 0 Å². The number of amides is 1. The molecule has 1 aromatic heterocycles. The van der Waals surface area contributed by atoms with Gasteiger partial charge in [0.25, 0.3) is 0 Å². The maximum atomic E-state index is 13.2. The van der Waals surface area contributed by atoms with Gasteiger partial charge in [0.2, 0.25) is 5.91 Å². The Bertz CT molecular complexity index is 783. The molecule has 138 valence electrons. The Morgan fingerprint density at radius 3 is 2.04 bits per heavy atom. The zero-order valence-electron chi connectivity index (χ0n) is 15.5. The molecule has 0 saturated heterocycles. The lowest BCUT2D eigenvalue weighted by atomic mass is 9.49. The summed E-state index contributed by atoms with van der Waals surface area (Å²) in [5.41, 5.74) is 5.53. The molecular formula is C23H25N3O. The average molecular weight is 359 g/mol. The van der Waals surface area contributed by atoms with Crippen molar-refractivity contribution in [3.05, 3.63) is 66.0 Å². The molecule has 0 aliphatic heterocycles. The third-order valence-corrected chi connectivity index (χ3v) is 6.79. The predicted octanol–water partition coefficient (Wildman–Crippen LogP) is 4.17. The van der Waals surface area contributed by atoms with E-state index in [1.54, 1.807) is 12.4 Å². The van der Waals surface area contributed by atoms with E-state index in [0.717, 1.165) is 53.9 Å². The largest absolute Gasteiger partial charge is 0.273 e. The second-order valence-corrected chi connectivity index (χ2v) is 8.70. The van der Waals surface area contributed by atoms with Crippen molar-refractivity contribution in [1.29, 1.82) is 0 Å². The van der Waals surface area contributed by atoms with Crippen LogP contribution in [0, 0.1) is 23.2 Å². The lowest BCUT2D eigenvalue weighted by Crippen LogP contribution is -2.52. The summed E-state index contributed by atoms with van der Waals surface area (Å²) in [4.78, 5) is 17.3. The van der Waals surface area contributed by atoms with E-state index >= 15 is 0 Å². The highest BCUT2D eigenvalue weighted by molar-refractivity contribution is 6.13. The van der Waals surface area contributed by atoms with Crippen molar-refractivity contribution in [2.75, 3.05) is 0 Å². The Kier molecular flexibility index (Phi) is 4.07. The number of rotatable bonds is 4. The predicted molar refractivity (Wildman–Crippen MR) is 105 cm³/mol. The van der Waals surface area contributed by atoms with Gasteiger partial charge in [0.05, 0.1) is 11.1 Å². The molecule has 27 heavy (non-hydrogen) atoms. The van der Waals surface area contributed by atoms with E-state index in [-0.39, 0.29) is 11.3 Å². The van der Waals surface area contributed by atoms with E-state index in [9.17, 15) is 4.79 Å². The van der Waals surface area contributed by atoms with Crippen molar-refractivity contribution in [2.24, 2.45) is 28.3 Å². The molecule has 1 amide bonds. The highest BCUT2D eigenvalue weighted by Gasteiger charge is 2.54. The minimum Gasteiger partial charge on any atom is -0.273 e. The first-order chi connectivity index (χ1) is 13.2. The number of nitrogens with zero attached hydrogens (tertiary/aromatic N) is 2. The standard InChI is InChI=1S/C23H25N3O/c27-22(23-13-16-10-17(14-23)12-18(11-16)15-23)26-25-21(19-4-2-1-3-5-19)20-6-8-24-9-7-20/h1-9,16-18H,10-15H2,(H,26,27). The molecule has 4 fully saturated rings. The van der Waals surface area contributed by atoms with Gasteiger partial charge in [0.15, 0.2) is 0 Å². The van der Waals surface area contributed by atoms with Crippen LogP contribution in [0.1, 0.15) is 49.7 Å². The number of carbonyl (C=O) groups excluding carboxylic acids is 1. The fourth-order valence-corrected chi connectivity index (χ4v) is 6.02. The van der Waals surface area contributed by atoms with Crippen molar-refractivity contribution >= 4 is 11.6 Å². The molecule has 4 heteroatoms. The van der Waals surface area contributed by atoms with Crippen molar-refractivity contribution in [3.63, 3.8) is 0 Å². The maximum absolute atomic E-state index is 13.2. The summed E-state index contributed by atoms with van der Waals surface area (Å²) in [7, 11) is 0. The van der Waals surface area contributed by atoms with Gasteiger partial charge in [-0.05, 0) is 68.4 Å². The molecule has 2 aromatic rings. The first kappa shape index (κ1) is 16.7. The number of pyridine rings is 1. The molecule has 0 atom stereocenters. The Morgan fingerprint density at radius 1 is 0.889 bits per heavy atom. The number of hydrazone groups is 1. The number of hydrogen-bond donors (Lipinski definition) is 1. The van der Waals surface area contributed by atoms with E-state index in [2.05, 4.69) is 15.5 Å². The minimum absolute atomic E-state index is 0.129. The van der Waals surface area contributed by atoms with Crippen LogP contribution in [-0.4, -0.2) is 16.6 Å². The van der Waals surface area contributed by atoms with Crippen molar-refractivity contribution < 1.29 is 4.79 Å². The Hall–Kier alpha value is -2.49. The van der Waals surface area contributed by atoms with E-state index in [4.69, 9.17) is 0 Å². The van der Waals surface area contributed by atoms with Crippen LogP contribution in [0.15, 0.2) is 60.0 Å². The minimum atomic E-state index is -0.182. The Morgan fingerprint density at radius 2 is 1.44 bits per heavy atom. The molecule has 4 saturated carbocycles. The average Bonchev–Trinajstić information content (AvgIpc) is 2.69. The Balaban J connectivity index is 1.43. The van der Waals surface area contributed by atoms with Gasteiger partial charge < -0.3 is 0 Å². The van der Waals surface area contributed by atoms with Gasteiger partial charge in [-0.3, -0.25) is 9.78 Å². The third-order valence-electron chi connectivity index (χ3n) is 6.79. The first-order valence-corrected chi connectivity index (χ1v) is 10.1. The van der Waals surface area contributed by atoms with E-state index in [1.807, 2.05) is 42.5 Å². The summed E-state index contributed by atoms with van der Waals surface area (Å²) in [6.45, 7) is 0. The highest BCUT2D eigenvalue weighted by atomic mass is 16.2. The molecule has 4 bridgehead atoms. The van der Waals surface area contributed by atoms with E-state index in [0.29, 0.717) is 0 Å². The number of aromatic nitrogens is 1. The Labute approximate surface area is 160 Å². The second-order valence-electron chi connectivity index (χ2n) is 8.70. The molecule has 1 N–H and O–H groups in total. The summed E-state index contributed by atoms with van der Waals surface area (Å²) >= 11 is 0. The van der Waals surface area contributed by atoms with Gasteiger partial charge in [-0.2, -0.15) is 5.10 Å². The van der Waals surface area contributed by atoms with Gasteiger partial charge >= 0.3 is 0 Å². The van der Waals surface area contributed by atoms with Crippen molar-refractivity contribution in [1.82, 2.24) is 10.4 Å². The highest BCUT2D eigenvalue weighted by Crippen LogP contribution is 2.60. The van der Waals surface area contributed by atoms with Crippen molar-refractivity contribution in [2.45, 2.75) is 38.5 Å². The molecular weight excluding hydrogens is 334 g/mol. The summed E-state index contributed by atoms with van der Waals surface area (Å²) in [6, 6.07) is 13.9. The first-order valence-electron chi connectivity index (χ1n) is 10.1. The molecule has 4 aliphatic rings. The molecule has 1 heterocycles. The van der Waals surface area contributed by atoms with Crippen LogP contribution >= 0.6 is 0 Å². The van der Waals surface area contributed by atoms with Crippen LogP contribution in [-0.2, 0) is 4.79 Å². The zero-order valence-corrected chi connectivity index (χ0v) is 15.5. The lowest BCUT2D eigenvalue weighted by molar-refractivity contribution is -0.146.